The Kier molecular flexibility index (Phi) is 5.61. The molecule has 20 heavy (non-hydrogen) atoms. The first kappa shape index (κ1) is 16.1. The molecule has 110 valence electrons. The van der Waals surface area contributed by atoms with E-state index in [2.05, 4.69) is 0 Å². The van der Waals surface area contributed by atoms with E-state index in [-0.39, 0.29) is 6.54 Å². The second-order valence-electron chi connectivity index (χ2n) is 4.47. The van der Waals surface area contributed by atoms with Crippen LogP contribution in [0.15, 0.2) is 30.3 Å². The molecule has 0 aliphatic carbocycles. The number of hydrogen-bond acceptors (Lipinski definition) is 2. The van der Waals surface area contributed by atoms with E-state index in [0.717, 1.165) is 12.1 Å². The summed E-state index contributed by atoms with van der Waals surface area (Å²) in [6, 6.07) is 6.70. The monoisotopic (exact) mass is 285 g/mol. The highest BCUT2D eigenvalue weighted by molar-refractivity contribution is 5.85. The first-order valence-electron chi connectivity index (χ1n) is 6.34. The Morgan fingerprint density at radius 1 is 1.30 bits per heavy atom. The van der Waals surface area contributed by atoms with Crippen molar-refractivity contribution in [3.05, 3.63) is 35.9 Å². The molecule has 0 radical (unpaired) electrons. The Morgan fingerprint density at radius 2 is 1.90 bits per heavy atom. The lowest BCUT2D eigenvalue weighted by molar-refractivity contribution is -0.148. The Bertz CT molecular complexity index is 463. The average molecular weight is 285 g/mol. The van der Waals surface area contributed by atoms with E-state index in [1.165, 1.54) is 12.1 Å². The fourth-order valence-corrected chi connectivity index (χ4v) is 1.77. The molecule has 0 fully saturated rings. The third-order valence-electron chi connectivity index (χ3n) is 2.92. The van der Waals surface area contributed by atoms with Crippen molar-refractivity contribution in [2.45, 2.75) is 25.7 Å². The SMILES string of the molecule is CCCC(CNC(=O)C(F)(F)c1ccccc1)C(=O)O. The zero-order valence-electron chi connectivity index (χ0n) is 11.1. The Morgan fingerprint density at radius 3 is 2.40 bits per heavy atom. The van der Waals surface area contributed by atoms with Crippen LogP contribution in [0.1, 0.15) is 25.3 Å². The van der Waals surface area contributed by atoms with Gasteiger partial charge in [-0.1, -0.05) is 43.7 Å². The molecule has 0 bridgehead atoms. The third kappa shape index (κ3) is 4.01. The molecule has 0 saturated heterocycles. The molecule has 0 aliphatic heterocycles. The summed E-state index contributed by atoms with van der Waals surface area (Å²) in [5.74, 6) is -7.10. The lowest BCUT2D eigenvalue weighted by Crippen LogP contribution is -2.41. The third-order valence-corrected chi connectivity index (χ3v) is 2.92. The number of aliphatic carboxylic acids is 1. The first-order valence-corrected chi connectivity index (χ1v) is 6.34. The second-order valence-corrected chi connectivity index (χ2v) is 4.47. The lowest BCUT2D eigenvalue weighted by Gasteiger charge is -2.18. The molecule has 1 rings (SSSR count). The maximum atomic E-state index is 13.8. The molecule has 6 heteroatoms. The Balaban J connectivity index is 2.68. The van der Waals surface area contributed by atoms with Gasteiger partial charge in [0.25, 0.3) is 5.91 Å². The number of carboxylic acids is 1. The highest BCUT2D eigenvalue weighted by atomic mass is 19.3. The lowest BCUT2D eigenvalue weighted by atomic mass is 10.0. The molecule has 0 spiro atoms. The van der Waals surface area contributed by atoms with Crippen LogP contribution < -0.4 is 5.32 Å². The highest BCUT2D eigenvalue weighted by Gasteiger charge is 2.40. The van der Waals surface area contributed by atoms with Gasteiger partial charge in [0.05, 0.1) is 5.92 Å². The van der Waals surface area contributed by atoms with Crippen LogP contribution in [0, 0.1) is 5.92 Å². The summed E-state index contributed by atoms with van der Waals surface area (Å²) < 4.78 is 27.7. The van der Waals surface area contributed by atoms with Crippen molar-refractivity contribution >= 4 is 11.9 Å². The van der Waals surface area contributed by atoms with Crippen LogP contribution in [0.3, 0.4) is 0 Å². The van der Waals surface area contributed by atoms with E-state index < -0.39 is 29.3 Å². The zero-order chi connectivity index (χ0) is 15.2. The van der Waals surface area contributed by atoms with Gasteiger partial charge in [0.1, 0.15) is 0 Å². The summed E-state index contributed by atoms with van der Waals surface area (Å²) in [6.07, 6.45) is 0.925. The van der Waals surface area contributed by atoms with Crippen LogP contribution in [-0.2, 0) is 15.5 Å². The van der Waals surface area contributed by atoms with Gasteiger partial charge in [-0.3, -0.25) is 9.59 Å². The molecular formula is C14H17F2NO3. The Labute approximate surface area is 115 Å². The molecule has 0 aliphatic rings. The summed E-state index contributed by atoms with van der Waals surface area (Å²) >= 11 is 0. The van der Waals surface area contributed by atoms with Gasteiger partial charge in [-0.05, 0) is 6.42 Å². The summed E-state index contributed by atoms with van der Waals surface area (Å²) in [5.41, 5.74) is -0.417. The minimum absolute atomic E-state index is 0.301. The molecule has 0 aromatic heterocycles. The number of halogens is 2. The van der Waals surface area contributed by atoms with Crippen LogP contribution in [0.4, 0.5) is 8.78 Å². The van der Waals surface area contributed by atoms with E-state index >= 15 is 0 Å². The summed E-state index contributed by atoms with van der Waals surface area (Å²) in [7, 11) is 0. The van der Waals surface area contributed by atoms with Crippen LogP contribution in [-0.4, -0.2) is 23.5 Å². The summed E-state index contributed by atoms with van der Waals surface area (Å²) in [5, 5.41) is 10.9. The minimum Gasteiger partial charge on any atom is -0.481 e. The van der Waals surface area contributed by atoms with Gasteiger partial charge in [-0.15, -0.1) is 0 Å². The minimum atomic E-state index is -3.67. The Hall–Kier alpha value is -1.98. The molecule has 1 unspecified atom stereocenters. The molecular weight excluding hydrogens is 268 g/mol. The van der Waals surface area contributed by atoms with Crippen LogP contribution in [0.2, 0.25) is 0 Å². The summed E-state index contributed by atoms with van der Waals surface area (Å²) in [6.45, 7) is 1.49. The van der Waals surface area contributed by atoms with Gasteiger partial charge in [0.2, 0.25) is 0 Å². The van der Waals surface area contributed by atoms with Crippen molar-refractivity contribution in [3.63, 3.8) is 0 Å². The average Bonchev–Trinajstić information content (AvgIpc) is 2.43. The van der Waals surface area contributed by atoms with Crippen molar-refractivity contribution < 1.29 is 23.5 Å². The number of nitrogens with one attached hydrogen (secondary N) is 1. The standard InChI is InChI=1S/C14H17F2NO3/c1-2-6-10(12(18)19)9-17-13(20)14(15,16)11-7-4-3-5-8-11/h3-5,7-8,10H,2,6,9H2,1H3,(H,17,20)(H,18,19). The molecule has 1 aromatic rings. The van der Waals surface area contributed by atoms with Gasteiger partial charge < -0.3 is 10.4 Å². The van der Waals surface area contributed by atoms with Crippen molar-refractivity contribution in [1.29, 1.82) is 0 Å². The molecule has 1 amide bonds. The van der Waals surface area contributed by atoms with Crippen LogP contribution >= 0.6 is 0 Å². The first-order chi connectivity index (χ1) is 9.39. The van der Waals surface area contributed by atoms with E-state index in [4.69, 9.17) is 5.11 Å². The van der Waals surface area contributed by atoms with Crippen molar-refractivity contribution in [3.8, 4) is 0 Å². The number of alkyl halides is 2. The number of carboxylic acid groups (broad SMARTS) is 1. The number of carbonyl (C=O) groups excluding carboxylic acids is 1. The van der Waals surface area contributed by atoms with Crippen LogP contribution in [0.25, 0.3) is 0 Å². The van der Waals surface area contributed by atoms with Crippen LogP contribution in [0.5, 0.6) is 0 Å². The predicted octanol–water partition coefficient (Wildman–Crippen LogP) is 2.40. The van der Waals surface area contributed by atoms with E-state index in [1.54, 1.807) is 13.0 Å². The predicted molar refractivity (Wildman–Crippen MR) is 69.4 cm³/mol. The maximum Gasteiger partial charge on any atom is 0.349 e. The topological polar surface area (TPSA) is 66.4 Å². The van der Waals surface area contributed by atoms with Crippen molar-refractivity contribution in [2.24, 2.45) is 5.92 Å². The van der Waals surface area contributed by atoms with Gasteiger partial charge in [-0.2, -0.15) is 8.78 Å². The van der Waals surface area contributed by atoms with Crippen molar-refractivity contribution in [1.82, 2.24) is 5.32 Å². The second kappa shape index (κ2) is 6.98. The van der Waals surface area contributed by atoms with Gasteiger partial charge >= 0.3 is 11.9 Å². The highest BCUT2D eigenvalue weighted by Crippen LogP contribution is 2.27. The number of amides is 1. The van der Waals surface area contributed by atoms with E-state index in [9.17, 15) is 18.4 Å². The zero-order valence-corrected chi connectivity index (χ0v) is 11.1. The molecule has 1 atom stereocenters. The molecule has 2 N–H and O–H groups in total. The number of benzene rings is 1. The number of rotatable bonds is 7. The van der Waals surface area contributed by atoms with Gasteiger partial charge in [0.15, 0.2) is 0 Å². The summed E-state index contributed by atoms with van der Waals surface area (Å²) in [4.78, 5) is 22.4. The number of hydrogen-bond donors (Lipinski definition) is 2. The fraction of sp³-hybridized carbons (Fsp3) is 0.429. The smallest absolute Gasteiger partial charge is 0.349 e. The molecule has 1 aromatic carbocycles. The fourth-order valence-electron chi connectivity index (χ4n) is 1.77. The van der Waals surface area contributed by atoms with E-state index in [1.807, 2.05) is 5.32 Å². The van der Waals surface area contributed by atoms with Crippen molar-refractivity contribution in [2.75, 3.05) is 6.54 Å². The largest absolute Gasteiger partial charge is 0.481 e. The molecule has 0 saturated carbocycles. The normalized spacial score (nSPS) is 12.8. The number of carbonyl (C=O) groups is 2. The molecule has 4 nitrogen and oxygen atoms in total. The maximum absolute atomic E-state index is 13.8. The quantitative estimate of drug-likeness (QED) is 0.808. The molecule has 0 heterocycles. The van der Waals surface area contributed by atoms with Gasteiger partial charge in [0, 0.05) is 12.1 Å². The van der Waals surface area contributed by atoms with Gasteiger partial charge in [-0.25, -0.2) is 0 Å². The van der Waals surface area contributed by atoms with E-state index in [0.29, 0.717) is 12.8 Å².